The van der Waals surface area contributed by atoms with Gasteiger partial charge in [0.25, 0.3) is 0 Å². The highest BCUT2D eigenvalue weighted by molar-refractivity contribution is 8.76. The molecule has 0 atom stereocenters. The predicted octanol–water partition coefficient (Wildman–Crippen LogP) is 8.58. The smallest absolute Gasteiger partial charge is 0.0629 e. The Hall–Kier alpha value is -3.08. The molecule has 32 heavy (non-hydrogen) atoms. The average Bonchev–Trinajstić information content (AvgIpc) is 2.83. The van der Waals surface area contributed by atoms with Crippen molar-refractivity contribution in [2.24, 2.45) is 9.98 Å². The molecule has 0 spiro atoms. The Bertz CT molecular complexity index is 1220. The molecule has 0 N–H and O–H groups in total. The molecule has 1 aliphatic rings. The molecular weight excluding hydrogens is 428 g/mol. The van der Waals surface area contributed by atoms with Crippen LogP contribution in [0.1, 0.15) is 22.3 Å². The van der Waals surface area contributed by atoms with Gasteiger partial charge >= 0.3 is 0 Å². The monoisotopic (exact) mass is 450 g/mol. The molecular formula is C28H22N2S2. The minimum absolute atomic E-state index is 0.963. The molecule has 0 aromatic heterocycles. The molecule has 1 heterocycles. The molecule has 0 radical (unpaired) electrons. The molecule has 0 saturated carbocycles. The van der Waals surface area contributed by atoms with Crippen LogP contribution in [0.2, 0.25) is 0 Å². The van der Waals surface area contributed by atoms with E-state index in [0.29, 0.717) is 0 Å². The molecule has 5 rings (SSSR count). The fraction of sp³-hybridized carbons (Fsp3) is 0.0714. The van der Waals surface area contributed by atoms with Gasteiger partial charge in [0.15, 0.2) is 0 Å². The van der Waals surface area contributed by atoms with E-state index < -0.39 is 0 Å². The normalized spacial score (nSPS) is 12.8. The summed E-state index contributed by atoms with van der Waals surface area (Å²) in [6.45, 7) is 4.31. The van der Waals surface area contributed by atoms with Crippen LogP contribution in [0.5, 0.6) is 0 Å². The minimum Gasteiger partial charge on any atom is -0.256 e. The molecule has 0 bridgehead atoms. The second-order valence-corrected chi connectivity index (χ2v) is 9.98. The van der Waals surface area contributed by atoms with Crippen LogP contribution in [0.25, 0.3) is 11.1 Å². The summed E-state index contributed by atoms with van der Waals surface area (Å²) in [7, 11) is 3.66. The zero-order chi connectivity index (χ0) is 21.9. The van der Waals surface area contributed by atoms with Gasteiger partial charge in [0.2, 0.25) is 0 Å². The average molecular weight is 451 g/mol. The first-order valence-electron chi connectivity index (χ1n) is 10.5. The van der Waals surface area contributed by atoms with Crippen LogP contribution in [0.4, 0.5) is 11.4 Å². The lowest BCUT2D eigenvalue weighted by Gasteiger charge is -2.21. The van der Waals surface area contributed by atoms with Crippen molar-refractivity contribution in [3.05, 3.63) is 107 Å². The highest BCUT2D eigenvalue weighted by Gasteiger charge is 2.20. The first-order chi connectivity index (χ1) is 15.7. The van der Waals surface area contributed by atoms with E-state index >= 15 is 0 Å². The topological polar surface area (TPSA) is 24.7 Å². The number of aryl methyl sites for hydroxylation is 2. The molecule has 0 aliphatic carbocycles. The van der Waals surface area contributed by atoms with Crippen LogP contribution < -0.4 is 0 Å². The first-order valence-corrected chi connectivity index (χ1v) is 12.6. The zero-order valence-corrected chi connectivity index (χ0v) is 19.6. The van der Waals surface area contributed by atoms with E-state index in [1.807, 2.05) is 94.7 Å². The standard InChI is InChI=1S/C28H22N2S2/c1-19-13-27-25(15-21(19)17-29-23-9-5-3-6-10-23)26-16-22(20(2)14-28(26)32-31-27)18-30-24-11-7-4-8-12-24/h3-18H,1-2H3. The minimum atomic E-state index is 0.963. The number of fused-ring (bicyclic) bond motifs is 3. The summed E-state index contributed by atoms with van der Waals surface area (Å²) in [5.74, 6) is 0. The van der Waals surface area contributed by atoms with Crippen molar-refractivity contribution in [3.63, 3.8) is 0 Å². The van der Waals surface area contributed by atoms with Crippen molar-refractivity contribution >= 4 is 45.4 Å². The van der Waals surface area contributed by atoms with E-state index in [1.165, 1.54) is 32.0 Å². The Morgan fingerprint density at radius 3 is 1.38 bits per heavy atom. The van der Waals surface area contributed by atoms with Gasteiger partial charge in [-0.2, -0.15) is 0 Å². The third-order valence-electron chi connectivity index (χ3n) is 5.47. The van der Waals surface area contributed by atoms with Gasteiger partial charge in [-0.1, -0.05) is 58.0 Å². The number of benzene rings is 4. The summed E-state index contributed by atoms with van der Waals surface area (Å²) in [6, 6.07) is 29.3. The summed E-state index contributed by atoms with van der Waals surface area (Å²) < 4.78 is 0. The van der Waals surface area contributed by atoms with Gasteiger partial charge in [-0.25, -0.2) is 0 Å². The summed E-state index contributed by atoms with van der Waals surface area (Å²) in [5, 5.41) is 0. The number of nitrogens with zero attached hydrogens (tertiary/aromatic N) is 2. The molecule has 4 aromatic rings. The van der Waals surface area contributed by atoms with E-state index in [0.717, 1.165) is 22.5 Å². The van der Waals surface area contributed by atoms with Gasteiger partial charge < -0.3 is 0 Å². The highest BCUT2D eigenvalue weighted by atomic mass is 33.1. The van der Waals surface area contributed by atoms with Crippen LogP contribution in [-0.4, -0.2) is 12.4 Å². The van der Waals surface area contributed by atoms with E-state index in [9.17, 15) is 0 Å². The molecule has 4 aromatic carbocycles. The molecule has 156 valence electrons. The highest BCUT2D eigenvalue weighted by Crippen LogP contribution is 2.52. The summed E-state index contributed by atoms with van der Waals surface area (Å²) in [5.41, 5.74) is 9.21. The SMILES string of the molecule is Cc1cc2c(cc1C=Nc1ccccc1)-c1cc(C=Nc3ccccc3)c(C)cc1SS2. The predicted molar refractivity (Wildman–Crippen MR) is 140 cm³/mol. The Labute approximate surface area is 196 Å². The maximum absolute atomic E-state index is 4.68. The van der Waals surface area contributed by atoms with Gasteiger partial charge in [-0.3, -0.25) is 9.98 Å². The molecule has 0 unspecified atom stereocenters. The summed E-state index contributed by atoms with van der Waals surface area (Å²) >= 11 is 0. The zero-order valence-electron chi connectivity index (χ0n) is 17.9. The van der Waals surface area contributed by atoms with E-state index in [4.69, 9.17) is 0 Å². The van der Waals surface area contributed by atoms with Crippen LogP contribution in [0.3, 0.4) is 0 Å². The number of para-hydroxylation sites is 2. The molecule has 0 saturated heterocycles. The van der Waals surface area contributed by atoms with Gasteiger partial charge in [0.1, 0.15) is 0 Å². The van der Waals surface area contributed by atoms with Crippen molar-refractivity contribution in [2.45, 2.75) is 23.6 Å². The van der Waals surface area contributed by atoms with Crippen LogP contribution in [0, 0.1) is 13.8 Å². The largest absolute Gasteiger partial charge is 0.256 e. The van der Waals surface area contributed by atoms with Crippen molar-refractivity contribution in [1.29, 1.82) is 0 Å². The van der Waals surface area contributed by atoms with Crippen molar-refractivity contribution < 1.29 is 0 Å². The fourth-order valence-electron chi connectivity index (χ4n) is 3.64. The maximum atomic E-state index is 4.68. The van der Waals surface area contributed by atoms with Crippen molar-refractivity contribution in [3.8, 4) is 11.1 Å². The van der Waals surface area contributed by atoms with Gasteiger partial charge in [-0.05, 0) is 95.8 Å². The molecule has 4 heteroatoms. The Kier molecular flexibility index (Phi) is 5.97. The first kappa shape index (κ1) is 20.8. The molecule has 0 fully saturated rings. The maximum Gasteiger partial charge on any atom is 0.0629 e. The lowest BCUT2D eigenvalue weighted by molar-refractivity contribution is 1.29. The number of hydrogen-bond donors (Lipinski definition) is 0. The van der Waals surface area contributed by atoms with E-state index in [2.05, 4.69) is 48.1 Å². The molecule has 2 nitrogen and oxygen atoms in total. The van der Waals surface area contributed by atoms with Gasteiger partial charge in [0.05, 0.1) is 11.4 Å². The summed E-state index contributed by atoms with van der Waals surface area (Å²) in [4.78, 5) is 12.0. The Morgan fingerprint density at radius 1 is 0.562 bits per heavy atom. The van der Waals surface area contributed by atoms with Crippen LogP contribution in [-0.2, 0) is 0 Å². The second-order valence-electron chi connectivity index (χ2n) is 7.76. The van der Waals surface area contributed by atoms with Crippen LogP contribution >= 0.6 is 21.6 Å². The van der Waals surface area contributed by atoms with Crippen molar-refractivity contribution in [1.82, 2.24) is 0 Å². The lowest BCUT2D eigenvalue weighted by Crippen LogP contribution is -1.98. The number of aliphatic imine (C=N–C) groups is 2. The van der Waals surface area contributed by atoms with E-state index in [1.54, 1.807) is 0 Å². The van der Waals surface area contributed by atoms with Crippen molar-refractivity contribution in [2.75, 3.05) is 0 Å². The summed E-state index contributed by atoms with van der Waals surface area (Å²) in [6.07, 6.45) is 3.95. The number of hydrogen-bond acceptors (Lipinski definition) is 4. The lowest BCUT2D eigenvalue weighted by atomic mass is 9.96. The quantitative estimate of drug-likeness (QED) is 0.230. The number of rotatable bonds is 4. The third-order valence-corrected chi connectivity index (χ3v) is 7.91. The molecule has 0 amide bonds. The fourth-order valence-corrected chi connectivity index (χ4v) is 6.15. The Morgan fingerprint density at radius 2 is 0.969 bits per heavy atom. The third kappa shape index (κ3) is 4.43. The van der Waals surface area contributed by atoms with Gasteiger partial charge in [-0.15, -0.1) is 0 Å². The Balaban J connectivity index is 1.54. The van der Waals surface area contributed by atoms with Crippen LogP contribution in [0.15, 0.2) is 105 Å². The second kappa shape index (κ2) is 9.19. The van der Waals surface area contributed by atoms with Gasteiger partial charge in [0, 0.05) is 22.2 Å². The van der Waals surface area contributed by atoms with E-state index in [-0.39, 0.29) is 0 Å². The molecule has 1 aliphatic heterocycles.